The van der Waals surface area contributed by atoms with E-state index in [2.05, 4.69) is 78.2 Å². The zero-order valence-electron chi connectivity index (χ0n) is 14.6. The summed E-state index contributed by atoms with van der Waals surface area (Å²) in [6.45, 7) is 0. The van der Waals surface area contributed by atoms with Gasteiger partial charge in [0.2, 0.25) is 0 Å². The number of hydrogen-bond acceptors (Lipinski definition) is 5. The Kier molecular flexibility index (Phi) is 3.94. The zero-order chi connectivity index (χ0) is 18.5. The molecule has 4 heterocycles. The number of nitrogens with zero attached hydrogens (tertiary/aromatic N) is 1. The summed E-state index contributed by atoms with van der Waals surface area (Å²) < 4.78 is 1.24. The Hall–Kier alpha value is -2.31. The van der Waals surface area contributed by atoms with Gasteiger partial charge in [-0.25, -0.2) is 4.98 Å². The van der Waals surface area contributed by atoms with Gasteiger partial charge in [-0.3, -0.25) is 0 Å². The molecule has 0 saturated carbocycles. The van der Waals surface area contributed by atoms with Crippen LogP contribution in [0.2, 0.25) is 0 Å². The maximum absolute atomic E-state index is 4.83. The lowest BCUT2D eigenvalue weighted by molar-refractivity contribution is 1.50. The Morgan fingerprint density at radius 3 is 2.11 bits per heavy atom. The van der Waals surface area contributed by atoms with Crippen molar-refractivity contribution in [2.24, 2.45) is 0 Å². The van der Waals surface area contributed by atoms with Crippen molar-refractivity contribution in [1.29, 1.82) is 0 Å². The highest BCUT2D eigenvalue weighted by Gasteiger charge is 2.17. The van der Waals surface area contributed by atoms with Crippen molar-refractivity contribution in [3.63, 3.8) is 0 Å². The first kappa shape index (κ1) is 16.6. The molecule has 0 atom stereocenters. The molecule has 2 aromatic carbocycles. The molecule has 6 aromatic rings. The van der Waals surface area contributed by atoms with E-state index in [1.165, 1.54) is 39.9 Å². The minimum Gasteiger partial charge on any atom is -0.235 e. The van der Waals surface area contributed by atoms with Crippen LogP contribution in [-0.4, -0.2) is 4.98 Å². The second-order valence-electron chi connectivity index (χ2n) is 6.43. The molecule has 0 unspecified atom stereocenters. The van der Waals surface area contributed by atoms with Gasteiger partial charge in [-0.15, -0.1) is 45.3 Å². The first-order valence-corrected chi connectivity index (χ1v) is 12.2. The van der Waals surface area contributed by atoms with Crippen molar-refractivity contribution in [2.45, 2.75) is 0 Å². The minimum atomic E-state index is 1.08. The maximum atomic E-state index is 4.83. The van der Waals surface area contributed by atoms with Crippen molar-refractivity contribution in [1.82, 2.24) is 4.98 Å². The lowest BCUT2D eigenvalue weighted by atomic mass is 10.1. The third kappa shape index (κ3) is 2.66. The van der Waals surface area contributed by atoms with Crippen LogP contribution in [0.1, 0.15) is 0 Å². The largest absolute Gasteiger partial charge is 0.235 e. The number of aromatic nitrogens is 1. The molecule has 28 heavy (non-hydrogen) atoms. The summed E-state index contributed by atoms with van der Waals surface area (Å²) in [5.74, 6) is 0. The highest BCUT2D eigenvalue weighted by Crippen LogP contribution is 2.48. The highest BCUT2D eigenvalue weighted by atomic mass is 32.1. The smallest absolute Gasteiger partial charge is 0.134 e. The molecule has 6 rings (SSSR count). The second kappa shape index (κ2) is 6.64. The Morgan fingerprint density at radius 2 is 1.32 bits per heavy atom. The SMILES string of the molecule is c1csc(-c2sc(-c3ccc(-c4nc5ccccc5s4)s3)c3ccccc23)c1. The normalized spacial score (nSPS) is 11.6. The summed E-state index contributed by atoms with van der Waals surface area (Å²) in [4.78, 5) is 11.5. The van der Waals surface area contributed by atoms with E-state index in [1.807, 2.05) is 34.0 Å². The highest BCUT2D eigenvalue weighted by molar-refractivity contribution is 7.30. The molecule has 0 aliphatic rings. The Labute approximate surface area is 178 Å². The molecule has 4 aromatic heterocycles. The third-order valence-corrected chi connectivity index (χ3v) is 9.44. The molecular formula is C23H13NS4. The van der Waals surface area contributed by atoms with Gasteiger partial charge in [0.25, 0.3) is 0 Å². The molecular weight excluding hydrogens is 419 g/mol. The molecule has 5 heteroatoms. The van der Waals surface area contributed by atoms with Crippen molar-refractivity contribution in [3.05, 3.63) is 78.2 Å². The number of hydrogen-bond donors (Lipinski definition) is 0. The fourth-order valence-electron chi connectivity index (χ4n) is 3.42. The molecule has 0 spiro atoms. The van der Waals surface area contributed by atoms with Gasteiger partial charge in [-0.1, -0.05) is 42.5 Å². The van der Waals surface area contributed by atoms with E-state index in [9.17, 15) is 0 Å². The van der Waals surface area contributed by atoms with E-state index < -0.39 is 0 Å². The third-order valence-electron chi connectivity index (χ3n) is 4.70. The summed E-state index contributed by atoms with van der Waals surface area (Å²) in [7, 11) is 0. The van der Waals surface area contributed by atoms with Crippen molar-refractivity contribution in [2.75, 3.05) is 0 Å². The average Bonchev–Trinajstić information content (AvgIpc) is 3.52. The van der Waals surface area contributed by atoms with Crippen LogP contribution in [0.25, 0.3) is 50.4 Å². The van der Waals surface area contributed by atoms with E-state index >= 15 is 0 Å². The standard InChI is InChI=1S/C23H13NS4/c1-2-7-15-14(6-1)21(18-10-5-13-25-18)28-22(15)19-11-12-20(26-19)23-24-16-8-3-4-9-17(16)27-23/h1-13H. The van der Waals surface area contributed by atoms with Crippen LogP contribution in [-0.2, 0) is 0 Å². The molecule has 134 valence electrons. The Balaban J connectivity index is 1.50. The van der Waals surface area contributed by atoms with Gasteiger partial charge in [-0.2, -0.15) is 0 Å². The predicted molar refractivity (Wildman–Crippen MR) is 127 cm³/mol. The van der Waals surface area contributed by atoms with Crippen LogP contribution in [0, 0.1) is 0 Å². The van der Waals surface area contributed by atoms with Crippen LogP contribution >= 0.6 is 45.3 Å². The van der Waals surface area contributed by atoms with Crippen LogP contribution in [0.15, 0.2) is 78.2 Å². The minimum absolute atomic E-state index is 1.08. The molecule has 0 aliphatic heterocycles. The van der Waals surface area contributed by atoms with E-state index in [1.54, 1.807) is 11.3 Å². The van der Waals surface area contributed by atoms with E-state index in [0.717, 1.165) is 10.5 Å². The van der Waals surface area contributed by atoms with Crippen molar-refractivity contribution < 1.29 is 0 Å². The molecule has 1 nitrogen and oxygen atoms in total. The van der Waals surface area contributed by atoms with Crippen LogP contribution in [0.5, 0.6) is 0 Å². The molecule has 0 radical (unpaired) electrons. The Bertz CT molecular complexity index is 1380. The number of benzene rings is 2. The maximum Gasteiger partial charge on any atom is 0.134 e. The summed E-state index contributed by atoms with van der Waals surface area (Å²) in [6.07, 6.45) is 0. The molecule has 0 bridgehead atoms. The molecule has 0 fully saturated rings. The Morgan fingerprint density at radius 1 is 0.571 bits per heavy atom. The summed E-state index contributed by atoms with van der Waals surface area (Å²) in [5.41, 5.74) is 1.08. The van der Waals surface area contributed by atoms with Gasteiger partial charge >= 0.3 is 0 Å². The lowest BCUT2D eigenvalue weighted by Crippen LogP contribution is -1.68. The zero-order valence-corrected chi connectivity index (χ0v) is 17.9. The summed E-state index contributed by atoms with van der Waals surface area (Å²) >= 11 is 7.32. The molecule has 0 N–H and O–H groups in total. The van der Waals surface area contributed by atoms with Gasteiger partial charge in [0.15, 0.2) is 0 Å². The molecule has 0 aliphatic carbocycles. The average molecular weight is 432 g/mol. The number of thiophene rings is 3. The van der Waals surface area contributed by atoms with E-state index in [4.69, 9.17) is 4.98 Å². The topological polar surface area (TPSA) is 12.9 Å². The van der Waals surface area contributed by atoms with Gasteiger partial charge in [-0.05, 0) is 35.7 Å². The first-order valence-electron chi connectivity index (χ1n) is 8.88. The van der Waals surface area contributed by atoms with Gasteiger partial charge in [0, 0.05) is 20.5 Å². The predicted octanol–water partition coefficient (Wildman–Crippen LogP) is 8.63. The number of thiazole rings is 1. The summed E-state index contributed by atoms with van der Waals surface area (Å²) in [5, 5.41) is 5.95. The lowest BCUT2D eigenvalue weighted by Gasteiger charge is -1.94. The van der Waals surface area contributed by atoms with Crippen molar-refractivity contribution in [3.8, 4) is 29.4 Å². The molecule has 0 saturated heterocycles. The van der Waals surface area contributed by atoms with Crippen LogP contribution in [0.4, 0.5) is 0 Å². The van der Waals surface area contributed by atoms with E-state index in [-0.39, 0.29) is 0 Å². The summed E-state index contributed by atoms with van der Waals surface area (Å²) in [6, 6.07) is 25.9. The number of fused-ring (bicyclic) bond motifs is 2. The van der Waals surface area contributed by atoms with Gasteiger partial charge in [0.05, 0.1) is 24.8 Å². The van der Waals surface area contributed by atoms with Crippen LogP contribution in [0.3, 0.4) is 0 Å². The quantitative estimate of drug-likeness (QED) is 0.273. The van der Waals surface area contributed by atoms with Crippen molar-refractivity contribution >= 4 is 66.3 Å². The number of para-hydroxylation sites is 1. The first-order chi connectivity index (χ1) is 13.9. The molecule has 0 amide bonds. The van der Waals surface area contributed by atoms with Gasteiger partial charge in [0.1, 0.15) is 5.01 Å². The second-order valence-corrected chi connectivity index (χ2v) is 10.5. The van der Waals surface area contributed by atoms with Crippen LogP contribution < -0.4 is 0 Å². The van der Waals surface area contributed by atoms with E-state index in [0.29, 0.717) is 0 Å². The van der Waals surface area contributed by atoms with Gasteiger partial charge < -0.3 is 0 Å². The monoisotopic (exact) mass is 431 g/mol. The fourth-order valence-corrected chi connectivity index (χ4v) is 7.71. The number of rotatable bonds is 3. The fraction of sp³-hybridized carbons (Fsp3) is 0.